The summed E-state index contributed by atoms with van der Waals surface area (Å²) >= 11 is 0. The summed E-state index contributed by atoms with van der Waals surface area (Å²) in [7, 11) is 0. The van der Waals surface area contributed by atoms with Gasteiger partial charge in [-0.25, -0.2) is 15.0 Å². The summed E-state index contributed by atoms with van der Waals surface area (Å²) < 4.78 is 4.76. The van der Waals surface area contributed by atoms with Crippen molar-refractivity contribution >= 4 is 43.6 Å². The Hall–Kier alpha value is -8.41. The normalized spacial score (nSPS) is 11.6. The van der Waals surface area contributed by atoms with Crippen LogP contribution < -0.4 is 0 Å². The fourth-order valence-corrected chi connectivity index (χ4v) is 9.42. The summed E-state index contributed by atoms with van der Waals surface area (Å²) in [5.41, 5.74) is 15.3. The Morgan fingerprint density at radius 1 is 0.317 bits per heavy atom. The van der Waals surface area contributed by atoms with E-state index in [0.717, 1.165) is 61.3 Å². The third-order valence-corrected chi connectivity index (χ3v) is 12.3. The molecular formula is C58H39N5. The van der Waals surface area contributed by atoms with Crippen molar-refractivity contribution in [1.82, 2.24) is 24.1 Å². The molecule has 63 heavy (non-hydrogen) atoms. The van der Waals surface area contributed by atoms with Crippen molar-refractivity contribution in [3.05, 3.63) is 224 Å². The molecule has 9 aromatic carbocycles. The molecule has 0 aliphatic heterocycles. The highest BCUT2D eigenvalue weighted by molar-refractivity contribution is 6.16. The zero-order valence-corrected chi connectivity index (χ0v) is 34.5. The predicted octanol–water partition coefficient (Wildman–Crippen LogP) is 14.7. The van der Waals surface area contributed by atoms with E-state index in [9.17, 15) is 0 Å². The first kappa shape index (κ1) is 36.4. The molecule has 3 aromatic heterocycles. The fraction of sp³-hybridized carbons (Fsp3) is 0.0172. The minimum absolute atomic E-state index is 0.598. The first-order valence-corrected chi connectivity index (χ1v) is 21.4. The maximum absolute atomic E-state index is 5.34. The lowest BCUT2D eigenvalue weighted by molar-refractivity contribution is 1.06. The second-order valence-electron chi connectivity index (χ2n) is 16.1. The highest BCUT2D eigenvalue weighted by atomic mass is 15.1. The molecule has 12 aromatic rings. The number of nitrogens with zero attached hydrogens (tertiary/aromatic N) is 5. The minimum Gasteiger partial charge on any atom is -0.309 e. The van der Waals surface area contributed by atoms with Crippen LogP contribution in [0.3, 0.4) is 0 Å². The average Bonchev–Trinajstić information content (AvgIpc) is 3.87. The summed E-state index contributed by atoms with van der Waals surface area (Å²) in [6.45, 7) is 2.18. The van der Waals surface area contributed by atoms with Gasteiger partial charge in [-0.3, -0.25) is 0 Å². The van der Waals surface area contributed by atoms with Crippen molar-refractivity contribution in [2.75, 3.05) is 0 Å². The number of aryl methyl sites for hydroxylation is 1. The monoisotopic (exact) mass is 805 g/mol. The molecular weight excluding hydrogens is 767 g/mol. The van der Waals surface area contributed by atoms with Crippen molar-refractivity contribution < 1.29 is 0 Å². The Morgan fingerprint density at radius 3 is 1.56 bits per heavy atom. The Bertz CT molecular complexity index is 3620. The van der Waals surface area contributed by atoms with Crippen molar-refractivity contribution in [2.45, 2.75) is 6.92 Å². The van der Waals surface area contributed by atoms with Crippen molar-refractivity contribution in [1.29, 1.82) is 0 Å². The van der Waals surface area contributed by atoms with E-state index in [1.165, 1.54) is 38.2 Å². The summed E-state index contributed by atoms with van der Waals surface area (Å²) in [6, 6.07) is 77.4. The number of para-hydroxylation sites is 3. The van der Waals surface area contributed by atoms with Crippen LogP contribution in [-0.4, -0.2) is 24.1 Å². The molecule has 0 fully saturated rings. The van der Waals surface area contributed by atoms with E-state index in [0.29, 0.717) is 17.5 Å². The number of hydrogen-bond donors (Lipinski definition) is 0. The Balaban J connectivity index is 1.16. The third kappa shape index (κ3) is 6.13. The molecule has 0 saturated carbocycles. The quantitative estimate of drug-likeness (QED) is 0.161. The van der Waals surface area contributed by atoms with Crippen LogP contribution in [0.2, 0.25) is 0 Å². The van der Waals surface area contributed by atoms with E-state index in [4.69, 9.17) is 15.0 Å². The number of hydrogen-bond acceptors (Lipinski definition) is 3. The van der Waals surface area contributed by atoms with Gasteiger partial charge in [0.1, 0.15) is 0 Å². The highest BCUT2D eigenvalue weighted by Gasteiger charge is 2.22. The van der Waals surface area contributed by atoms with Crippen molar-refractivity contribution in [3.63, 3.8) is 0 Å². The van der Waals surface area contributed by atoms with E-state index >= 15 is 0 Å². The molecule has 0 N–H and O–H groups in total. The van der Waals surface area contributed by atoms with Gasteiger partial charge in [0.15, 0.2) is 17.5 Å². The fourth-order valence-electron chi connectivity index (χ4n) is 9.42. The van der Waals surface area contributed by atoms with E-state index in [1.54, 1.807) is 0 Å². The van der Waals surface area contributed by atoms with Gasteiger partial charge in [0, 0.05) is 43.9 Å². The average molecular weight is 806 g/mol. The van der Waals surface area contributed by atoms with Gasteiger partial charge in [0.2, 0.25) is 0 Å². The lowest BCUT2D eigenvalue weighted by atomic mass is 9.96. The maximum atomic E-state index is 5.34. The lowest BCUT2D eigenvalue weighted by Crippen LogP contribution is -2.04. The predicted molar refractivity (Wildman–Crippen MR) is 260 cm³/mol. The molecule has 0 unspecified atom stereocenters. The molecule has 5 heteroatoms. The van der Waals surface area contributed by atoms with Gasteiger partial charge in [-0.15, -0.1) is 0 Å². The van der Waals surface area contributed by atoms with Gasteiger partial charge in [-0.2, -0.15) is 0 Å². The molecule has 5 nitrogen and oxygen atoms in total. The topological polar surface area (TPSA) is 48.5 Å². The zero-order chi connectivity index (χ0) is 41.9. The van der Waals surface area contributed by atoms with Crippen LogP contribution in [0, 0.1) is 6.92 Å². The van der Waals surface area contributed by atoms with Gasteiger partial charge in [0.25, 0.3) is 0 Å². The van der Waals surface area contributed by atoms with Gasteiger partial charge in [-0.05, 0) is 89.3 Å². The molecule has 3 heterocycles. The first-order chi connectivity index (χ1) is 31.2. The summed E-state index contributed by atoms with van der Waals surface area (Å²) in [5, 5.41) is 4.76. The molecule has 0 spiro atoms. The summed E-state index contributed by atoms with van der Waals surface area (Å²) in [5.74, 6) is 1.84. The van der Waals surface area contributed by atoms with E-state index in [2.05, 4.69) is 198 Å². The van der Waals surface area contributed by atoms with Gasteiger partial charge < -0.3 is 9.13 Å². The number of rotatable bonds is 7. The molecule has 0 aliphatic rings. The van der Waals surface area contributed by atoms with Crippen LogP contribution >= 0.6 is 0 Å². The highest BCUT2D eigenvalue weighted by Crippen LogP contribution is 2.43. The van der Waals surface area contributed by atoms with Crippen LogP contribution in [0.1, 0.15) is 5.56 Å². The van der Waals surface area contributed by atoms with Gasteiger partial charge in [-0.1, -0.05) is 164 Å². The second-order valence-corrected chi connectivity index (χ2v) is 16.1. The summed E-state index contributed by atoms with van der Waals surface area (Å²) in [4.78, 5) is 15.8. The Morgan fingerprint density at radius 2 is 0.841 bits per heavy atom. The smallest absolute Gasteiger partial charge is 0.166 e. The zero-order valence-electron chi connectivity index (χ0n) is 34.5. The Labute approximate surface area is 364 Å². The minimum atomic E-state index is 0.598. The number of aromatic nitrogens is 5. The van der Waals surface area contributed by atoms with Crippen LogP contribution in [-0.2, 0) is 0 Å². The van der Waals surface area contributed by atoms with Crippen LogP contribution in [0.25, 0.3) is 111 Å². The van der Waals surface area contributed by atoms with E-state index in [1.807, 2.05) is 36.4 Å². The van der Waals surface area contributed by atoms with E-state index in [-0.39, 0.29) is 0 Å². The van der Waals surface area contributed by atoms with Gasteiger partial charge in [0.05, 0.1) is 27.8 Å². The van der Waals surface area contributed by atoms with Crippen molar-refractivity contribution in [3.8, 4) is 67.8 Å². The SMILES string of the molecule is Cc1ccccc1-c1ccc2c(c1)c1ccccc1n2-c1ccc(-c2cccc3c2c2ccccc2n3-c2ccccc2)cc1-c1nc(-c2ccccc2)nc(-c2ccccc2)n1. The first-order valence-electron chi connectivity index (χ1n) is 21.4. The lowest BCUT2D eigenvalue weighted by Gasteiger charge is -2.17. The number of fused-ring (bicyclic) bond motifs is 6. The maximum Gasteiger partial charge on any atom is 0.166 e. The van der Waals surface area contributed by atoms with E-state index < -0.39 is 0 Å². The molecule has 0 saturated heterocycles. The second kappa shape index (κ2) is 14.9. The third-order valence-electron chi connectivity index (χ3n) is 12.3. The molecule has 0 bridgehead atoms. The molecule has 0 aliphatic carbocycles. The largest absolute Gasteiger partial charge is 0.309 e. The standard InChI is InChI=1S/C58H39N5/c1-38-18-11-12-25-44(38)41-32-34-52-48(36-41)46-26-13-15-29-50(46)63(52)53-35-33-42(45-28-17-31-54-55(45)47-27-14-16-30-51(47)62(54)43-23-9-4-10-24-43)37-49(53)58-60-56(39-19-5-2-6-20-39)59-57(61-58)40-21-7-3-8-22-40/h2-37H,1H3. The van der Waals surface area contributed by atoms with Crippen LogP contribution in [0.5, 0.6) is 0 Å². The molecule has 296 valence electrons. The van der Waals surface area contributed by atoms with Crippen molar-refractivity contribution in [2.24, 2.45) is 0 Å². The number of benzene rings is 9. The molecule has 0 atom stereocenters. The molecule has 12 rings (SSSR count). The summed E-state index contributed by atoms with van der Waals surface area (Å²) in [6.07, 6.45) is 0. The van der Waals surface area contributed by atoms with Crippen LogP contribution in [0.15, 0.2) is 218 Å². The molecule has 0 amide bonds. The molecule has 0 radical (unpaired) electrons. The van der Waals surface area contributed by atoms with Crippen LogP contribution in [0.4, 0.5) is 0 Å². The van der Waals surface area contributed by atoms with Gasteiger partial charge >= 0.3 is 0 Å². The Kier molecular flexibility index (Phi) is 8.64.